The van der Waals surface area contributed by atoms with Gasteiger partial charge in [-0.1, -0.05) is 30.7 Å². The first-order chi connectivity index (χ1) is 11.7. The molecule has 0 aliphatic carbocycles. The van der Waals surface area contributed by atoms with Crippen LogP contribution in [0, 0.1) is 0 Å². The van der Waals surface area contributed by atoms with Gasteiger partial charge in [-0.3, -0.25) is 4.79 Å². The zero-order chi connectivity index (χ0) is 16.9. The first-order valence-corrected chi connectivity index (χ1v) is 8.54. The van der Waals surface area contributed by atoms with Crippen LogP contribution in [0.25, 0.3) is 0 Å². The van der Waals surface area contributed by atoms with Gasteiger partial charge >= 0.3 is 0 Å². The number of hydrogen-bond acceptors (Lipinski definition) is 4. The molecular formula is C18H21ClN4O. The molecule has 3 rings (SSSR count). The number of piperazine rings is 1. The molecule has 5 nitrogen and oxygen atoms in total. The summed E-state index contributed by atoms with van der Waals surface area (Å²) in [6, 6.07) is 10.9. The van der Waals surface area contributed by atoms with Crippen molar-refractivity contribution in [2.75, 3.05) is 42.9 Å². The highest BCUT2D eigenvalue weighted by atomic mass is 35.5. The molecule has 0 spiro atoms. The predicted molar refractivity (Wildman–Crippen MR) is 98.0 cm³/mol. The number of hydrogen-bond donors (Lipinski definition) is 1. The van der Waals surface area contributed by atoms with Crippen LogP contribution in [-0.2, 0) is 0 Å². The maximum absolute atomic E-state index is 12.3. The van der Waals surface area contributed by atoms with Crippen molar-refractivity contribution in [3.8, 4) is 0 Å². The molecule has 0 bridgehead atoms. The van der Waals surface area contributed by atoms with Gasteiger partial charge in [-0.25, -0.2) is 4.98 Å². The van der Waals surface area contributed by atoms with E-state index < -0.39 is 0 Å². The van der Waals surface area contributed by atoms with Gasteiger partial charge in [-0.15, -0.1) is 0 Å². The second kappa shape index (κ2) is 7.64. The van der Waals surface area contributed by atoms with Crippen LogP contribution in [0.4, 0.5) is 11.4 Å². The summed E-state index contributed by atoms with van der Waals surface area (Å²) < 4.78 is 0. The van der Waals surface area contributed by atoms with E-state index in [1.165, 1.54) is 0 Å². The van der Waals surface area contributed by atoms with Gasteiger partial charge in [-0.05, 0) is 30.8 Å². The number of nitrogens with zero attached hydrogens (tertiary/aromatic N) is 3. The zero-order valence-corrected chi connectivity index (χ0v) is 14.5. The topological polar surface area (TPSA) is 48.5 Å². The summed E-state index contributed by atoms with van der Waals surface area (Å²) in [4.78, 5) is 21.3. The van der Waals surface area contributed by atoms with Crippen molar-refractivity contribution in [3.63, 3.8) is 0 Å². The number of likely N-dealkylation sites (N-methyl/N-ethyl adjacent to an activating group) is 1. The van der Waals surface area contributed by atoms with Crippen molar-refractivity contribution in [3.05, 3.63) is 53.3 Å². The highest BCUT2D eigenvalue weighted by Gasteiger charge is 2.17. The maximum Gasteiger partial charge on any atom is 0.274 e. The van der Waals surface area contributed by atoms with E-state index in [9.17, 15) is 4.79 Å². The van der Waals surface area contributed by atoms with Crippen LogP contribution >= 0.6 is 11.6 Å². The third kappa shape index (κ3) is 3.86. The Morgan fingerprint density at radius 2 is 1.92 bits per heavy atom. The molecule has 126 valence electrons. The Labute approximate surface area is 147 Å². The van der Waals surface area contributed by atoms with E-state index in [4.69, 9.17) is 11.6 Å². The fraction of sp³-hybridized carbons (Fsp3) is 0.333. The number of anilines is 2. The molecular weight excluding hydrogens is 324 g/mol. The first kappa shape index (κ1) is 16.7. The Bertz CT molecular complexity index is 696. The normalized spacial score (nSPS) is 15.3. The summed E-state index contributed by atoms with van der Waals surface area (Å²) in [6.07, 6.45) is 1.77. The summed E-state index contributed by atoms with van der Waals surface area (Å²) in [6.45, 7) is 7.37. The molecule has 0 unspecified atom stereocenters. The van der Waals surface area contributed by atoms with Gasteiger partial charge < -0.3 is 15.1 Å². The fourth-order valence-electron chi connectivity index (χ4n) is 2.78. The summed E-state index contributed by atoms with van der Waals surface area (Å²) in [7, 11) is 0. The Morgan fingerprint density at radius 3 is 2.54 bits per heavy atom. The molecule has 1 amide bonds. The number of carbonyl (C=O) groups is 1. The minimum atomic E-state index is -0.259. The lowest BCUT2D eigenvalue weighted by Crippen LogP contribution is -2.46. The first-order valence-electron chi connectivity index (χ1n) is 8.16. The number of rotatable bonds is 4. The van der Waals surface area contributed by atoms with Crippen LogP contribution in [0.2, 0.25) is 5.02 Å². The molecule has 0 saturated carbocycles. The fourth-order valence-corrected chi connectivity index (χ4v) is 2.96. The van der Waals surface area contributed by atoms with Crippen LogP contribution in [0.1, 0.15) is 17.4 Å². The van der Waals surface area contributed by atoms with E-state index in [1.54, 1.807) is 24.4 Å². The van der Waals surface area contributed by atoms with E-state index in [-0.39, 0.29) is 5.91 Å². The summed E-state index contributed by atoms with van der Waals surface area (Å²) in [5, 5.41) is 3.30. The van der Waals surface area contributed by atoms with Crippen molar-refractivity contribution in [1.82, 2.24) is 9.88 Å². The van der Waals surface area contributed by atoms with Gasteiger partial charge in [0, 0.05) is 26.2 Å². The quantitative estimate of drug-likeness (QED) is 0.925. The Morgan fingerprint density at radius 1 is 1.17 bits per heavy atom. The van der Waals surface area contributed by atoms with Gasteiger partial charge in [0.1, 0.15) is 5.69 Å². The molecule has 1 N–H and O–H groups in total. The molecule has 0 atom stereocenters. The minimum Gasteiger partial charge on any atom is -0.368 e. The van der Waals surface area contributed by atoms with Crippen LogP contribution in [0.15, 0.2) is 42.6 Å². The van der Waals surface area contributed by atoms with E-state index in [2.05, 4.69) is 27.0 Å². The van der Waals surface area contributed by atoms with Crippen molar-refractivity contribution in [2.24, 2.45) is 0 Å². The van der Waals surface area contributed by atoms with Crippen molar-refractivity contribution < 1.29 is 4.79 Å². The van der Waals surface area contributed by atoms with Crippen LogP contribution < -0.4 is 10.2 Å². The Balaban J connectivity index is 1.64. The van der Waals surface area contributed by atoms with Crippen LogP contribution in [0.5, 0.6) is 0 Å². The van der Waals surface area contributed by atoms with E-state index in [1.807, 2.05) is 18.2 Å². The number of carbonyl (C=O) groups excluding carboxylic acids is 1. The van der Waals surface area contributed by atoms with Crippen molar-refractivity contribution >= 4 is 28.9 Å². The summed E-state index contributed by atoms with van der Waals surface area (Å²) >= 11 is 6.06. The lowest BCUT2D eigenvalue weighted by atomic mass is 10.2. The second-order valence-electron chi connectivity index (χ2n) is 5.76. The summed E-state index contributed by atoms with van der Waals surface area (Å²) in [5.41, 5.74) is 2.02. The van der Waals surface area contributed by atoms with Crippen molar-refractivity contribution in [1.29, 1.82) is 0 Å². The van der Waals surface area contributed by atoms with Gasteiger partial charge in [0.15, 0.2) is 0 Å². The largest absolute Gasteiger partial charge is 0.368 e. The molecule has 1 saturated heterocycles. The number of benzene rings is 1. The summed E-state index contributed by atoms with van der Waals surface area (Å²) in [5.74, 6) is -0.259. The zero-order valence-electron chi connectivity index (χ0n) is 13.7. The molecule has 6 heteroatoms. The molecule has 1 aliphatic heterocycles. The van der Waals surface area contributed by atoms with E-state index >= 15 is 0 Å². The second-order valence-corrected chi connectivity index (χ2v) is 6.16. The molecule has 2 aromatic rings. The lowest BCUT2D eigenvalue weighted by molar-refractivity contribution is 0.102. The third-order valence-electron chi connectivity index (χ3n) is 4.29. The van der Waals surface area contributed by atoms with Gasteiger partial charge in [-0.2, -0.15) is 0 Å². The average Bonchev–Trinajstić information content (AvgIpc) is 2.64. The SMILES string of the molecule is CCN1CCN(c2ccc(C(=O)Nc3ccccc3Cl)nc2)CC1. The van der Waals surface area contributed by atoms with Gasteiger partial charge in [0.2, 0.25) is 0 Å². The van der Waals surface area contributed by atoms with E-state index in [0.29, 0.717) is 16.4 Å². The number of aromatic nitrogens is 1. The maximum atomic E-state index is 12.3. The van der Waals surface area contributed by atoms with Crippen molar-refractivity contribution in [2.45, 2.75) is 6.92 Å². The number of nitrogens with one attached hydrogen (secondary N) is 1. The smallest absolute Gasteiger partial charge is 0.274 e. The number of para-hydroxylation sites is 1. The molecule has 0 radical (unpaired) electrons. The molecule has 1 aromatic carbocycles. The Hall–Kier alpha value is -2.11. The molecule has 24 heavy (non-hydrogen) atoms. The van der Waals surface area contributed by atoms with Crippen LogP contribution in [-0.4, -0.2) is 48.5 Å². The van der Waals surface area contributed by atoms with Gasteiger partial charge in [0.05, 0.1) is 22.6 Å². The molecule has 2 heterocycles. The average molecular weight is 345 g/mol. The number of amides is 1. The third-order valence-corrected chi connectivity index (χ3v) is 4.62. The minimum absolute atomic E-state index is 0.259. The standard InChI is InChI=1S/C18H21ClN4O/c1-2-22-9-11-23(12-10-22)14-7-8-17(20-13-14)18(24)21-16-6-4-3-5-15(16)19/h3-8,13H,2,9-12H2,1H3,(H,21,24). The molecule has 1 aromatic heterocycles. The number of halogens is 1. The predicted octanol–water partition coefficient (Wildman–Crippen LogP) is 3.13. The van der Waals surface area contributed by atoms with Crippen LogP contribution in [0.3, 0.4) is 0 Å². The number of pyridine rings is 1. The monoisotopic (exact) mass is 344 g/mol. The highest BCUT2D eigenvalue weighted by Crippen LogP contribution is 2.21. The molecule has 1 aliphatic rings. The lowest BCUT2D eigenvalue weighted by Gasteiger charge is -2.35. The highest BCUT2D eigenvalue weighted by molar-refractivity contribution is 6.33. The van der Waals surface area contributed by atoms with E-state index in [0.717, 1.165) is 38.4 Å². The van der Waals surface area contributed by atoms with Gasteiger partial charge in [0.25, 0.3) is 5.91 Å². The Kier molecular flexibility index (Phi) is 5.33. The molecule has 1 fully saturated rings.